The van der Waals surface area contributed by atoms with Crippen LogP contribution in [-0.4, -0.2) is 18.4 Å². The van der Waals surface area contributed by atoms with Gasteiger partial charge in [0.25, 0.3) is 5.78 Å². The predicted molar refractivity (Wildman–Crippen MR) is 79.9 cm³/mol. The van der Waals surface area contributed by atoms with Gasteiger partial charge in [-0.05, 0) is 25.3 Å². The summed E-state index contributed by atoms with van der Waals surface area (Å²) in [6.45, 7) is 4.12. The molecule has 0 atom stereocenters. The van der Waals surface area contributed by atoms with Crippen molar-refractivity contribution in [2.24, 2.45) is 0 Å². The van der Waals surface area contributed by atoms with E-state index < -0.39 is 11.8 Å². The normalized spacial score (nSPS) is 10.3. The lowest BCUT2D eigenvalue weighted by atomic mass is 10.0. The Kier molecular flexibility index (Phi) is 7.63. The fraction of sp³-hybridized carbons (Fsp3) is 0.529. The molecule has 0 aliphatic rings. The Bertz CT molecular complexity index is 420. The van der Waals surface area contributed by atoms with E-state index in [4.69, 9.17) is 4.74 Å². The number of carbonyl (C=O) groups is 2. The summed E-state index contributed by atoms with van der Waals surface area (Å²) < 4.78 is 4.70. The molecule has 0 saturated carbocycles. The zero-order chi connectivity index (χ0) is 14.8. The minimum Gasteiger partial charge on any atom is -0.460 e. The third-order valence-corrected chi connectivity index (χ3v) is 3.25. The second-order valence-corrected chi connectivity index (χ2v) is 4.91. The highest BCUT2D eigenvalue weighted by Gasteiger charge is 2.16. The first-order valence-corrected chi connectivity index (χ1v) is 7.49. The van der Waals surface area contributed by atoms with Gasteiger partial charge < -0.3 is 4.74 Å². The number of ether oxygens (including phenoxy) is 1. The Morgan fingerprint density at radius 2 is 1.60 bits per heavy atom. The van der Waals surface area contributed by atoms with Gasteiger partial charge in [-0.1, -0.05) is 56.9 Å². The molecular formula is C17H24O3. The molecule has 1 aromatic rings. The maximum absolute atomic E-state index is 11.7. The van der Waals surface area contributed by atoms with E-state index in [2.05, 4.69) is 6.92 Å². The van der Waals surface area contributed by atoms with Crippen LogP contribution in [0.3, 0.4) is 0 Å². The largest absolute Gasteiger partial charge is 0.460 e. The highest BCUT2D eigenvalue weighted by atomic mass is 16.5. The maximum atomic E-state index is 11.7. The first-order valence-electron chi connectivity index (χ1n) is 7.49. The third-order valence-electron chi connectivity index (χ3n) is 3.25. The van der Waals surface area contributed by atoms with E-state index in [1.54, 1.807) is 19.1 Å². The van der Waals surface area contributed by atoms with Crippen LogP contribution in [0.15, 0.2) is 24.3 Å². The van der Waals surface area contributed by atoms with E-state index >= 15 is 0 Å². The van der Waals surface area contributed by atoms with Crippen LogP contribution in [0.4, 0.5) is 0 Å². The van der Waals surface area contributed by atoms with Crippen LogP contribution in [0, 0.1) is 0 Å². The molecule has 1 rings (SSSR count). The van der Waals surface area contributed by atoms with Crippen LogP contribution in [0.25, 0.3) is 0 Å². The number of esters is 1. The van der Waals surface area contributed by atoms with E-state index in [1.165, 1.54) is 37.7 Å². The van der Waals surface area contributed by atoms with Crippen molar-refractivity contribution < 1.29 is 14.3 Å². The molecule has 0 saturated heterocycles. The summed E-state index contributed by atoms with van der Waals surface area (Å²) in [4.78, 5) is 23.0. The molecule has 0 N–H and O–H groups in total. The molecule has 1 aromatic carbocycles. The van der Waals surface area contributed by atoms with E-state index in [9.17, 15) is 9.59 Å². The SMILES string of the molecule is CCCCCCCc1ccc(C(=O)C(=O)OCC)cc1. The lowest BCUT2D eigenvalue weighted by Crippen LogP contribution is -2.17. The standard InChI is InChI=1S/C17H24O3/c1-3-5-6-7-8-9-14-10-12-15(13-11-14)16(18)17(19)20-4-2/h10-13H,3-9H2,1-2H3. The smallest absolute Gasteiger partial charge is 0.379 e. The fourth-order valence-electron chi connectivity index (χ4n) is 2.07. The molecule has 0 aliphatic heterocycles. The maximum Gasteiger partial charge on any atom is 0.379 e. The summed E-state index contributed by atoms with van der Waals surface area (Å²) >= 11 is 0. The molecule has 0 heterocycles. The predicted octanol–water partition coefficient (Wildman–Crippen LogP) is 3.95. The van der Waals surface area contributed by atoms with Crippen LogP contribution in [0.5, 0.6) is 0 Å². The minimum absolute atomic E-state index is 0.223. The average molecular weight is 276 g/mol. The van der Waals surface area contributed by atoms with Crippen molar-refractivity contribution in [2.75, 3.05) is 6.61 Å². The lowest BCUT2D eigenvalue weighted by Gasteiger charge is -2.04. The molecule has 20 heavy (non-hydrogen) atoms. The number of ketones is 1. The first-order chi connectivity index (χ1) is 9.69. The van der Waals surface area contributed by atoms with Crippen molar-refractivity contribution in [1.82, 2.24) is 0 Å². The first kappa shape index (κ1) is 16.4. The van der Waals surface area contributed by atoms with Crippen molar-refractivity contribution in [3.05, 3.63) is 35.4 Å². The van der Waals surface area contributed by atoms with Crippen LogP contribution in [-0.2, 0) is 16.0 Å². The van der Waals surface area contributed by atoms with Gasteiger partial charge in [-0.25, -0.2) is 4.79 Å². The molecule has 0 aromatic heterocycles. The quantitative estimate of drug-likeness (QED) is 0.297. The van der Waals surface area contributed by atoms with Crippen molar-refractivity contribution in [3.63, 3.8) is 0 Å². The molecule has 0 spiro atoms. The summed E-state index contributed by atoms with van der Waals surface area (Å²) in [6.07, 6.45) is 7.29. The Balaban J connectivity index is 2.43. The summed E-state index contributed by atoms with van der Waals surface area (Å²) in [5.74, 6) is -1.35. The molecule has 0 bridgehead atoms. The minimum atomic E-state index is -0.778. The lowest BCUT2D eigenvalue weighted by molar-refractivity contribution is -0.137. The van der Waals surface area contributed by atoms with Gasteiger partial charge >= 0.3 is 5.97 Å². The number of benzene rings is 1. The number of aryl methyl sites for hydroxylation is 1. The van der Waals surface area contributed by atoms with Crippen LogP contribution >= 0.6 is 0 Å². The van der Waals surface area contributed by atoms with Gasteiger partial charge in [-0.2, -0.15) is 0 Å². The number of Topliss-reactive ketones (excluding diaryl/α,β-unsaturated/α-hetero) is 1. The zero-order valence-electron chi connectivity index (χ0n) is 12.5. The fourth-order valence-corrected chi connectivity index (χ4v) is 2.07. The Labute approximate surface area is 121 Å². The number of hydrogen-bond acceptors (Lipinski definition) is 3. The summed E-state index contributed by atoms with van der Waals surface area (Å²) in [6, 6.07) is 7.26. The molecule has 3 nitrogen and oxygen atoms in total. The molecule has 0 amide bonds. The number of unbranched alkanes of at least 4 members (excludes halogenated alkanes) is 4. The van der Waals surface area contributed by atoms with Crippen molar-refractivity contribution >= 4 is 11.8 Å². The van der Waals surface area contributed by atoms with E-state index in [0.29, 0.717) is 5.56 Å². The van der Waals surface area contributed by atoms with Gasteiger partial charge in [0.05, 0.1) is 6.61 Å². The monoisotopic (exact) mass is 276 g/mol. The molecule has 0 aliphatic carbocycles. The summed E-state index contributed by atoms with van der Waals surface area (Å²) in [7, 11) is 0. The Hall–Kier alpha value is -1.64. The van der Waals surface area contributed by atoms with Gasteiger partial charge in [0.2, 0.25) is 0 Å². The highest BCUT2D eigenvalue weighted by molar-refractivity contribution is 6.40. The summed E-state index contributed by atoms with van der Waals surface area (Å²) in [5.41, 5.74) is 1.61. The average Bonchev–Trinajstić information content (AvgIpc) is 2.47. The van der Waals surface area contributed by atoms with Gasteiger partial charge in [0.1, 0.15) is 0 Å². The van der Waals surface area contributed by atoms with Crippen molar-refractivity contribution in [2.45, 2.75) is 52.4 Å². The number of rotatable bonds is 9. The van der Waals surface area contributed by atoms with Crippen LogP contribution < -0.4 is 0 Å². The number of hydrogen-bond donors (Lipinski definition) is 0. The van der Waals surface area contributed by atoms with E-state index in [1.807, 2.05) is 12.1 Å². The van der Waals surface area contributed by atoms with E-state index in [-0.39, 0.29) is 6.61 Å². The Morgan fingerprint density at radius 3 is 2.20 bits per heavy atom. The Morgan fingerprint density at radius 1 is 0.950 bits per heavy atom. The second kappa shape index (κ2) is 9.29. The molecule has 0 fully saturated rings. The molecule has 3 heteroatoms. The topological polar surface area (TPSA) is 43.4 Å². The third kappa shape index (κ3) is 5.55. The zero-order valence-corrected chi connectivity index (χ0v) is 12.5. The van der Waals surface area contributed by atoms with Crippen LogP contribution in [0.1, 0.15) is 61.9 Å². The molecule has 0 radical (unpaired) electrons. The molecule has 110 valence electrons. The van der Waals surface area contributed by atoms with Crippen LogP contribution in [0.2, 0.25) is 0 Å². The van der Waals surface area contributed by atoms with Gasteiger partial charge in [-0.15, -0.1) is 0 Å². The van der Waals surface area contributed by atoms with Gasteiger partial charge in [-0.3, -0.25) is 4.79 Å². The summed E-state index contributed by atoms with van der Waals surface area (Å²) in [5, 5.41) is 0. The number of carbonyl (C=O) groups excluding carboxylic acids is 2. The molecular weight excluding hydrogens is 252 g/mol. The highest BCUT2D eigenvalue weighted by Crippen LogP contribution is 2.11. The van der Waals surface area contributed by atoms with Gasteiger partial charge in [0.15, 0.2) is 0 Å². The van der Waals surface area contributed by atoms with Gasteiger partial charge in [0, 0.05) is 5.56 Å². The van der Waals surface area contributed by atoms with E-state index in [0.717, 1.165) is 6.42 Å². The van der Waals surface area contributed by atoms with Crippen molar-refractivity contribution in [3.8, 4) is 0 Å². The molecule has 0 unspecified atom stereocenters. The van der Waals surface area contributed by atoms with Crippen molar-refractivity contribution in [1.29, 1.82) is 0 Å². The second-order valence-electron chi connectivity index (χ2n) is 4.91.